The Morgan fingerprint density at radius 2 is 2.20 bits per heavy atom. The second-order valence-electron chi connectivity index (χ2n) is 4.47. The number of rotatable bonds is 3. The van der Waals surface area contributed by atoms with E-state index in [4.69, 9.17) is 0 Å². The van der Waals surface area contributed by atoms with Gasteiger partial charge in [0.05, 0.1) is 0 Å². The molecule has 1 unspecified atom stereocenters. The number of carboxylic acid groups (broad SMARTS) is 1. The number of hydrogen-bond donors (Lipinski definition) is 1. The van der Waals surface area contributed by atoms with Crippen LogP contribution >= 0.6 is 11.3 Å². The van der Waals surface area contributed by atoms with Crippen molar-refractivity contribution in [1.29, 1.82) is 0 Å². The molecule has 2 rings (SSSR count). The van der Waals surface area contributed by atoms with Crippen LogP contribution in [0.25, 0.3) is 0 Å². The molecule has 1 aromatic rings. The van der Waals surface area contributed by atoms with Gasteiger partial charge in [0.15, 0.2) is 0 Å². The molecule has 0 spiro atoms. The van der Waals surface area contributed by atoms with Crippen LogP contribution in [-0.4, -0.2) is 11.1 Å². The molecule has 0 aromatic carbocycles. The Hall–Kier alpha value is -0.830. The molecule has 0 saturated heterocycles. The number of thiophene rings is 1. The summed E-state index contributed by atoms with van der Waals surface area (Å²) in [5.41, 5.74) is -0.662. The molecule has 0 amide bonds. The van der Waals surface area contributed by atoms with Crippen molar-refractivity contribution in [3.8, 4) is 0 Å². The Kier molecular flexibility index (Phi) is 2.83. The average molecular weight is 224 g/mol. The van der Waals surface area contributed by atoms with Gasteiger partial charge in [0.25, 0.3) is 0 Å². The van der Waals surface area contributed by atoms with Gasteiger partial charge in [-0.2, -0.15) is 0 Å². The van der Waals surface area contributed by atoms with Crippen LogP contribution in [0.1, 0.15) is 37.5 Å². The van der Waals surface area contributed by atoms with Gasteiger partial charge in [-0.3, -0.25) is 4.79 Å². The Morgan fingerprint density at radius 1 is 1.53 bits per heavy atom. The molecule has 0 aliphatic heterocycles. The summed E-state index contributed by atoms with van der Waals surface area (Å²) < 4.78 is 0. The SMILES string of the molecule is CC(C(=O)O)(c1cccs1)C1CCCC1. The molecule has 1 aliphatic carbocycles. The van der Waals surface area contributed by atoms with Crippen LogP contribution in [0, 0.1) is 5.92 Å². The van der Waals surface area contributed by atoms with E-state index < -0.39 is 11.4 Å². The molecule has 2 nitrogen and oxygen atoms in total. The van der Waals surface area contributed by atoms with Crippen molar-refractivity contribution < 1.29 is 9.90 Å². The summed E-state index contributed by atoms with van der Waals surface area (Å²) in [6, 6.07) is 3.90. The van der Waals surface area contributed by atoms with E-state index in [1.165, 1.54) is 12.8 Å². The van der Waals surface area contributed by atoms with E-state index in [9.17, 15) is 9.90 Å². The second kappa shape index (κ2) is 3.97. The third-order valence-electron chi connectivity index (χ3n) is 3.65. The number of aliphatic carboxylic acids is 1. The van der Waals surface area contributed by atoms with Crippen LogP contribution in [0.2, 0.25) is 0 Å². The molecular formula is C12H16O2S. The lowest BCUT2D eigenvalue weighted by atomic mass is 9.75. The van der Waals surface area contributed by atoms with Gasteiger partial charge in [0.1, 0.15) is 5.41 Å². The zero-order chi connectivity index (χ0) is 10.9. The molecular weight excluding hydrogens is 208 g/mol. The molecule has 1 fully saturated rings. The average Bonchev–Trinajstić information content (AvgIpc) is 2.89. The van der Waals surface area contributed by atoms with Crippen molar-refractivity contribution in [3.63, 3.8) is 0 Å². The molecule has 82 valence electrons. The summed E-state index contributed by atoms with van der Waals surface area (Å²) in [7, 11) is 0. The van der Waals surface area contributed by atoms with Crippen LogP contribution in [0.3, 0.4) is 0 Å². The van der Waals surface area contributed by atoms with Gasteiger partial charge < -0.3 is 5.11 Å². The van der Waals surface area contributed by atoms with Crippen molar-refractivity contribution in [2.45, 2.75) is 38.0 Å². The minimum atomic E-state index is -0.670. The fourth-order valence-corrected chi connectivity index (χ4v) is 3.52. The zero-order valence-corrected chi connectivity index (χ0v) is 9.72. The maximum absolute atomic E-state index is 11.5. The van der Waals surface area contributed by atoms with Crippen LogP contribution in [0.5, 0.6) is 0 Å². The number of carbonyl (C=O) groups is 1. The van der Waals surface area contributed by atoms with E-state index in [-0.39, 0.29) is 0 Å². The van der Waals surface area contributed by atoms with Crippen LogP contribution in [0.4, 0.5) is 0 Å². The third kappa shape index (κ3) is 1.69. The Bertz CT molecular complexity index is 339. The Balaban J connectivity index is 2.35. The summed E-state index contributed by atoms with van der Waals surface area (Å²) in [6.45, 7) is 1.89. The van der Waals surface area contributed by atoms with Crippen LogP contribution < -0.4 is 0 Å². The van der Waals surface area contributed by atoms with Crippen molar-refractivity contribution in [3.05, 3.63) is 22.4 Å². The Morgan fingerprint density at radius 3 is 2.67 bits per heavy atom. The van der Waals surface area contributed by atoms with Crippen molar-refractivity contribution in [1.82, 2.24) is 0 Å². The Labute approximate surface area is 93.9 Å². The van der Waals surface area contributed by atoms with Crippen molar-refractivity contribution >= 4 is 17.3 Å². The van der Waals surface area contributed by atoms with E-state index in [2.05, 4.69) is 0 Å². The molecule has 3 heteroatoms. The van der Waals surface area contributed by atoms with Gasteiger partial charge in [-0.05, 0) is 37.1 Å². The highest BCUT2D eigenvalue weighted by atomic mass is 32.1. The lowest BCUT2D eigenvalue weighted by Crippen LogP contribution is -2.38. The molecule has 1 saturated carbocycles. The quantitative estimate of drug-likeness (QED) is 0.855. The summed E-state index contributed by atoms with van der Waals surface area (Å²) >= 11 is 1.56. The van der Waals surface area contributed by atoms with Gasteiger partial charge in [0.2, 0.25) is 0 Å². The monoisotopic (exact) mass is 224 g/mol. The van der Waals surface area contributed by atoms with E-state index in [1.807, 2.05) is 24.4 Å². The van der Waals surface area contributed by atoms with Crippen molar-refractivity contribution in [2.75, 3.05) is 0 Å². The second-order valence-corrected chi connectivity index (χ2v) is 5.41. The predicted octanol–water partition coefficient (Wildman–Crippen LogP) is 3.28. The van der Waals surface area contributed by atoms with Gasteiger partial charge in [-0.25, -0.2) is 0 Å². The van der Waals surface area contributed by atoms with Gasteiger partial charge >= 0.3 is 5.97 Å². The van der Waals surface area contributed by atoms with Crippen LogP contribution in [0.15, 0.2) is 17.5 Å². The smallest absolute Gasteiger partial charge is 0.314 e. The number of hydrogen-bond acceptors (Lipinski definition) is 2. The number of carboxylic acids is 1. The summed E-state index contributed by atoms with van der Waals surface area (Å²) in [4.78, 5) is 12.5. The normalized spacial score (nSPS) is 21.4. The maximum Gasteiger partial charge on any atom is 0.314 e. The standard InChI is InChI=1S/C12H16O2S/c1-12(11(13)14,9-5-2-3-6-9)10-7-4-8-15-10/h4,7-9H,2-3,5-6H2,1H3,(H,13,14). The molecule has 1 aliphatic rings. The highest BCUT2D eigenvalue weighted by Gasteiger charge is 2.44. The molecule has 1 N–H and O–H groups in total. The molecule has 1 aromatic heterocycles. The predicted molar refractivity (Wildman–Crippen MR) is 61.3 cm³/mol. The first kappa shape index (κ1) is 10.7. The molecule has 0 radical (unpaired) electrons. The minimum Gasteiger partial charge on any atom is -0.481 e. The largest absolute Gasteiger partial charge is 0.481 e. The lowest BCUT2D eigenvalue weighted by molar-refractivity contribution is -0.145. The van der Waals surface area contributed by atoms with Crippen LogP contribution in [-0.2, 0) is 10.2 Å². The maximum atomic E-state index is 11.5. The first-order chi connectivity index (χ1) is 7.15. The van der Waals surface area contributed by atoms with Gasteiger partial charge in [-0.15, -0.1) is 11.3 Å². The fourth-order valence-electron chi connectivity index (χ4n) is 2.56. The van der Waals surface area contributed by atoms with E-state index in [0.717, 1.165) is 17.7 Å². The van der Waals surface area contributed by atoms with Gasteiger partial charge in [0, 0.05) is 4.88 Å². The lowest BCUT2D eigenvalue weighted by Gasteiger charge is -2.30. The molecule has 0 bridgehead atoms. The minimum absolute atomic E-state index is 0.314. The molecule has 15 heavy (non-hydrogen) atoms. The van der Waals surface area contributed by atoms with Crippen molar-refractivity contribution in [2.24, 2.45) is 5.92 Å². The molecule has 1 atom stereocenters. The zero-order valence-electron chi connectivity index (χ0n) is 8.90. The summed E-state index contributed by atoms with van der Waals surface area (Å²) in [5, 5.41) is 11.4. The summed E-state index contributed by atoms with van der Waals surface area (Å²) in [5.74, 6) is -0.356. The fraction of sp³-hybridized carbons (Fsp3) is 0.583. The molecule has 1 heterocycles. The van der Waals surface area contributed by atoms with E-state index >= 15 is 0 Å². The highest BCUT2D eigenvalue weighted by molar-refractivity contribution is 7.10. The first-order valence-corrected chi connectivity index (χ1v) is 6.31. The van der Waals surface area contributed by atoms with E-state index in [1.54, 1.807) is 11.3 Å². The van der Waals surface area contributed by atoms with Gasteiger partial charge in [-0.1, -0.05) is 18.9 Å². The third-order valence-corrected chi connectivity index (χ3v) is 4.76. The summed E-state index contributed by atoms with van der Waals surface area (Å²) in [6.07, 6.45) is 4.47. The first-order valence-electron chi connectivity index (χ1n) is 5.43. The topological polar surface area (TPSA) is 37.3 Å². The highest BCUT2D eigenvalue weighted by Crippen LogP contribution is 2.43. The van der Waals surface area contributed by atoms with E-state index in [0.29, 0.717) is 5.92 Å².